The molecule has 0 radical (unpaired) electrons. The largest absolute Gasteiger partial charge is 0.511 e. The van der Waals surface area contributed by atoms with Crippen molar-refractivity contribution in [2.24, 2.45) is 5.41 Å². The number of ketones is 1. The van der Waals surface area contributed by atoms with Crippen LogP contribution in [-0.4, -0.2) is 10.9 Å². The SMILES string of the molecule is Cc1ccc(-c2cccc(Cl)c2)cc1C1=C(O)C2(CCCCC2)CC1=O. The van der Waals surface area contributed by atoms with Gasteiger partial charge >= 0.3 is 0 Å². The van der Waals surface area contributed by atoms with E-state index >= 15 is 0 Å². The summed E-state index contributed by atoms with van der Waals surface area (Å²) < 4.78 is 0. The van der Waals surface area contributed by atoms with E-state index in [9.17, 15) is 9.90 Å². The van der Waals surface area contributed by atoms with Gasteiger partial charge in [0.15, 0.2) is 5.78 Å². The zero-order valence-electron chi connectivity index (χ0n) is 15.0. The molecule has 0 bridgehead atoms. The van der Waals surface area contributed by atoms with E-state index in [-0.39, 0.29) is 11.2 Å². The summed E-state index contributed by atoms with van der Waals surface area (Å²) in [4.78, 5) is 12.9. The van der Waals surface area contributed by atoms with Crippen LogP contribution in [0.1, 0.15) is 49.7 Å². The number of hydrogen-bond acceptors (Lipinski definition) is 2. The number of aliphatic hydroxyl groups is 1. The van der Waals surface area contributed by atoms with Crippen LogP contribution in [0.2, 0.25) is 5.02 Å². The fourth-order valence-electron chi connectivity index (χ4n) is 4.54. The minimum absolute atomic E-state index is 0.0794. The molecule has 2 nitrogen and oxygen atoms in total. The molecule has 0 amide bonds. The van der Waals surface area contributed by atoms with Crippen LogP contribution in [0.3, 0.4) is 0 Å². The average molecular weight is 367 g/mol. The number of aliphatic hydroxyl groups excluding tert-OH is 1. The lowest BCUT2D eigenvalue weighted by molar-refractivity contribution is -0.114. The van der Waals surface area contributed by atoms with Crippen molar-refractivity contribution in [1.29, 1.82) is 0 Å². The molecule has 0 saturated heterocycles. The van der Waals surface area contributed by atoms with Gasteiger partial charge in [-0.25, -0.2) is 0 Å². The minimum atomic E-state index is -0.316. The Morgan fingerprint density at radius 3 is 2.46 bits per heavy atom. The van der Waals surface area contributed by atoms with Crippen LogP contribution >= 0.6 is 11.6 Å². The fraction of sp³-hybridized carbons (Fsp3) is 0.348. The van der Waals surface area contributed by atoms with Crippen molar-refractivity contribution in [3.8, 4) is 11.1 Å². The van der Waals surface area contributed by atoms with Crippen molar-refractivity contribution in [1.82, 2.24) is 0 Å². The summed E-state index contributed by atoms with van der Waals surface area (Å²) in [5.74, 6) is 0.407. The van der Waals surface area contributed by atoms with Crippen molar-refractivity contribution in [3.63, 3.8) is 0 Å². The van der Waals surface area contributed by atoms with Gasteiger partial charge in [0.05, 0.1) is 5.57 Å². The van der Waals surface area contributed by atoms with Gasteiger partial charge in [-0.05, 0) is 60.2 Å². The van der Waals surface area contributed by atoms with E-state index < -0.39 is 0 Å². The first-order valence-electron chi connectivity index (χ1n) is 9.34. The molecule has 0 aromatic heterocycles. The molecule has 1 N–H and O–H groups in total. The monoisotopic (exact) mass is 366 g/mol. The molecule has 2 aliphatic rings. The molecular formula is C23H23ClO2. The van der Waals surface area contributed by atoms with Crippen molar-refractivity contribution in [2.45, 2.75) is 45.4 Å². The van der Waals surface area contributed by atoms with Gasteiger partial charge < -0.3 is 5.11 Å². The molecule has 0 atom stereocenters. The summed E-state index contributed by atoms with van der Waals surface area (Å²) in [5.41, 5.74) is 4.10. The van der Waals surface area contributed by atoms with E-state index in [0.29, 0.717) is 22.8 Å². The maximum absolute atomic E-state index is 12.9. The maximum Gasteiger partial charge on any atom is 0.167 e. The topological polar surface area (TPSA) is 37.3 Å². The highest BCUT2D eigenvalue weighted by Crippen LogP contribution is 2.52. The van der Waals surface area contributed by atoms with E-state index in [4.69, 9.17) is 11.6 Å². The Hall–Kier alpha value is -2.06. The number of carbonyl (C=O) groups excluding carboxylic acids is 1. The Bertz CT molecular complexity index is 904. The fourth-order valence-corrected chi connectivity index (χ4v) is 4.73. The van der Waals surface area contributed by atoms with E-state index in [1.807, 2.05) is 49.4 Å². The Morgan fingerprint density at radius 1 is 1.00 bits per heavy atom. The third-order valence-corrected chi connectivity index (χ3v) is 6.23. The van der Waals surface area contributed by atoms with Crippen LogP contribution in [0.15, 0.2) is 48.2 Å². The zero-order chi connectivity index (χ0) is 18.3. The summed E-state index contributed by atoms with van der Waals surface area (Å²) >= 11 is 6.13. The van der Waals surface area contributed by atoms with Crippen molar-refractivity contribution in [3.05, 3.63) is 64.4 Å². The number of aryl methyl sites for hydroxylation is 1. The molecule has 0 heterocycles. The maximum atomic E-state index is 12.9. The van der Waals surface area contributed by atoms with Crippen molar-refractivity contribution >= 4 is 23.0 Å². The molecular weight excluding hydrogens is 344 g/mol. The highest BCUT2D eigenvalue weighted by molar-refractivity contribution is 6.30. The lowest BCUT2D eigenvalue weighted by atomic mass is 9.72. The molecule has 1 fully saturated rings. The van der Waals surface area contributed by atoms with E-state index in [0.717, 1.165) is 47.9 Å². The van der Waals surface area contributed by atoms with Crippen LogP contribution in [-0.2, 0) is 4.79 Å². The quantitative estimate of drug-likeness (QED) is 0.657. The zero-order valence-corrected chi connectivity index (χ0v) is 15.8. The summed E-state index contributed by atoms with van der Waals surface area (Å²) in [6.45, 7) is 2.00. The van der Waals surface area contributed by atoms with E-state index in [2.05, 4.69) is 0 Å². The normalized spacial score (nSPS) is 19.4. The summed E-state index contributed by atoms with van der Waals surface area (Å²) in [7, 11) is 0. The van der Waals surface area contributed by atoms with Crippen LogP contribution in [0, 0.1) is 12.3 Å². The molecule has 0 unspecified atom stereocenters. The molecule has 0 aliphatic heterocycles. The van der Waals surface area contributed by atoms with Gasteiger partial charge in [-0.1, -0.05) is 55.1 Å². The highest BCUT2D eigenvalue weighted by atomic mass is 35.5. The van der Waals surface area contributed by atoms with Gasteiger partial charge in [-0.2, -0.15) is 0 Å². The number of allylic oxidation sites excluding steroid dienone is 2. The first kappa shape index (κ1) is 17.4. The number of halogens is 1. The lowest BCUT2D eigenvalue weighted by Gasteiger charge is -2.32. The molecule has 1 spiro atoms. The molecule has 26 heavy (non-hydrogen) atoms. The summed E-state index contributed by atoms with van der Waals surface area (Å²) in [5, 5.41) is 11.7. The van der Waals surface area contributed by atoms with Gasteiger partial charge in [0.25, 0.3) is 0 Å². The number of hydrogen-bond donors (Lipinski definition) is 1. The molecule has 1 saturated carbocycles. The predicted octanol–water partition coefficient (Wildman–Crippen LogP) is 6.51. The Balaban J connectivity index is 1.82. The number of carbonyl (C=O) groups is 1. The second kappa shape index (κ2) is 6.59. The lowest BCUT2D eigenvalue weighted by Crippen LogP contribution is -2.24. The molecule has 4 rings (SSSR count). The molecule has 134 valence electrons. The average Bonchev–Trinajstić information content (AvgIpc) is 2.86. The summed E-state index contributed by atoms with van der Waals surface area (Å²) in [6, 6.07) is 13.8. The van der Waals surface area contributed by atoms with E-state index in [1.165, 1.54) is 6.42 Å². The Labute approximate surface area is 159 Å². The van der Waals surface area contributed by atoms with Gasteiger partial charge in [-0.3, -0.25) is 4.79 Å². The van der Waals surface area contributed by atoms with Gasteiger partial charge in [0.2, 0.25) is 0 Å². The Kier molecular flexibility index (Phi) is 4.40. The standard InChI is InChI=1S/C23H23ClO2/c1-15-8-9-17(16-6-5-7-18(24)12-16)13-19(15)21-20(25)14-23(22(21)26)10-3-2-4-11-23/h5-9,12-13,26H,2-4,10-11,14H2,1H3. The third kappa shape index (κ3) is 2.87. The van der Waals surface area contributed by atoms with Gasteiger partial charge in [-0.15, -0.1) is 0 Å². The van der Waals surface area contributed by atoms with Gasteiger partial charge in [0.1, 0.15) is 5.76 Å². The van der Waals surface area contributed by atoms with Crippen molar-refractivity contribution < 1.29 is 9.90 Å². The molecule has 2 aliphatic carbocycles. The van der Waals surface area contributed by atoms with Crippen molar-refractivity contribution in [2.75, 3.05) is 0 Å². The number of rotatable bonds is 2. The van der Waals surface area contributed by atoms with Crippen LogP contribution in [0.25, 0.3) is 16.7 Å². The third-order valence-electron chi connectivity index (χ3n) is 5.99. The second-order valence-corrected chi connectivity index (χ2v) is 8.14. The second-order valence-electron chi connectivity index (χ2n) is 7.70. The first-order valence-corrected chi connectivity index (χ1v) is 9.72. The summed E-state index contributed by atoms with van der Waals surface area (Å²) in [6.07, 6.45) is 5.66. The van der Waals surface area contributed by atoms with Crippen LogP contribution in [0.5, 0.6) is 0 Å². The van der Waals surface area contributed by atoms with Crippen LogP contribution < -0.4 is 0 Å². The molecule has 2 aromatic rings. The minimum Gasteiger partial charge on any atom is -0.511 e. The van der Waals surface area contributed by atoms with Crippen LogP contribution in [0.4, 0.5) is 0 Å². The number of Topliss-reactive ketones (excluding diaryl/α,β-unsaturated/α-hetero) is 1. The van der Waals surface area contributed by atoms with Gasteiger partial charge in [0, 0.05) is 16.9 Å². The highest BCUT2D eigenvalue weighted by Gasteiger charge is 2.46. The molecule has 2 aromatic carbocycles. The molecule has 3 heteroatoms. The predicted molar refractivity (Wildman–Crippen MR) is 106 cm³/mol. The number of benzene rings is 2. The smallest absolute Gasteiger partial charge is 0.167 e. The first-order chi connectivity index (χ1) is 12.5. The Morgan fingerprint density at radius 2 is 1.73 bits per heavy atom. The van der Waals surface area contributed by atoms with E-state index in [1.54, 1.807) is 0 Å².